The van der Waals surface area contributed by atoms with Gasteiger partial charge in [0.05, 0.1) is 4.75 Å². The Morgan fingerprint density at radius 1 is 1.41 bits per heavy atom. The molecule has 1 amide bonds. The van der Waals surface area contributed by atoms with Crippen LogP contribution in [-0.4, -0.2) is 51.2 Å². The first-order chi connectivity index (χ1) is 10.6. The van der Waals surface area contributed by atoms with Crippen LogP contribution in [0.3, 0.4) is 0 Å². The van der Waals surface area contributed by atoms with Gasteiger partial charge < -0.3 is 9.64 Å². The quantitative estimate of drug-likeness (QED) is 0.857. The standard InChI is InChI=1S/C16H19FN2O2S/c17-16(5-3-6-16)14(20)19-10-15(11-19)8-12(9-22-15)21-13-4-1-2-7-18-13/h1-2,4,7,12H,3,5-6,8-11H2/t12-/m0/s1. The highest BCUT2D eigenvalue weighted by molar-refractivity contribution is 8.01. The molecular weight excluding hydrogens is 303 g/mol. The SMILES string of the molecule is O=C(N1CC2(C[C@H](Oc3ccccn3)CS2)C1)C1(F)CCC1. The van der Waals surface area contributed by atoms with Gasteiger partial charge in [-0.05, 0) is 25.3 Å². The lowest BCUT2D eigenvalue weighted by atomic mass is 9.79. The summed E-state index contributed by atoms with van der Waals surface area (Å²) in [6.07, 6.45) is 4.37. The van der Waals surface area contributed by atoms with Crippen molar-refractivity contribution in [2.75, 3.05) is 18.8 Å². The van der Waals surface area contributed by atoms with Crippen molar-refractivity contribution in [3.8, 4) is 5.88 Å². The van der Waals surface area contributed by atoms with Crippen LogP contribution in [-0.2, 0) is 4.79 Å². The molecule has 118 valence electrons. The Bertz CT molecular complexity index is 573. The van der Waals surface area contributed by atoms with Crippen LogP contribution in [0.25, 0.3) is 0 Å². The van der Waals surface area contributed by atoms with Crippen LogP contribution in [0.4, 0.5) is 4.39 Å². The number of alkyl halides is 1. The van der Waals surface area contributed by atoms with E-state index in [0.29, 0.717) is 31.8 Å². The van der Waals surface area contributed by atoms with Gasteiger partial charge in [0.15, 0.2) is 5.67 Å². The molecule has 1 atom stereocenters. The molecule has 3 aliphatic rings. The third-order valence-corrected chi connectivity index (χ3v) is 6.45. The highest BCUT2D eigenvalue weighted by Crippen LogP contribution is 2.48. The number of carbonyl (C=O) groups is 1. The van der Waals surface area contributed by atoms with Gasteiger partial charge in [0, 0.05) is 37.5 Å². The summed E-state index contributed by atoms with van der Waals surface area (Å²) in [6.45, 7) is 1.31. The molecule has 1 saturated carbocycles. The fraction of sp³-hybridized carbons (Fsp3) is 0.625. The second-order valence-corrected chi connectivity index (χ2v) is 8.07. The molecule has 2 saturated heterocycles. The molecule has 1 aromatic heterocycles. The lowest BCUT2D eigenvalue weighted by Gasteiger charge is -2.50. The molecule has 0 bridgehead atoms. The number of aromatic nitrogens is 1. The van der Waals surface area contributed by atoms with Gasteiger partial charge in [-0.3, -0.25) is 4.79 Å². The predicted molar refractivity (Wildman–Crippen MR) is 82.7 cm³/mol. The summed E-state index contributed by atoms with van der Waals surface area (Å²) in [5.74, 6) is 1.26. The number of ether oxygens (including phenoxy) is 1. The van der Waals surface area contributed by atoms with Crippen molar-refractivity contribution in [2.45, 2.75) is 42.2 Å². The number of thioether (sulfide) groups is 1. The molecule has 6 heteroatoms. The minimum atomic E-state index is -1.56. The van der Waals surface area contributed by atoms with Crippen LogP contribution in [0.5, 0.6) is 5.88 Å². The van der Waals surface area contributed by atoms with Gasteiger partial charge >= 0.3 is 0 Å². The number of hydrogen-bond donors (Lipinski definition) is 0. The van der Waals surface area contributed by atoms with Crippen LogP contribution in [0.2, 0.25) is 0 Å². The summed E-state index contributed by atoms with van der Waals surface area (Å²) in [5, 5.41) is 0. The topological polar surface area (TPSA) is 42.4 Å². The third kappa shape index (κ3) is 2.37. The number of rotatable bonds is 3. The molecule has 3 heterocycles. The van der Waals surface area contributed by atoms with E-state index < -0.39 is 5.67 Å². The van der Waals surface area contributed by atoms with E-state index in [2.05, 4.69) is 4.98 Å². The summed E-state index contributed by atoms with van der Waals surface area (Å²) >= 11 is 1.85. The van der Waals surface area contributed by atoms with Crippen molar-refractivity contribution >= 4 is 17.7 Å². The maximum absolute atomic E-state index is 14.2. The van der Waals surface area contributed by atoms with Gasteiger partial charge in [-0.25, -0.2) is 9.37 Å². The monoisotopic (exact) mass is 322 g/mol. The second-order valence-electron chi connectivity index (χ2n) is 6.59. The average molecular weight is 322 g/mol. The zero-order valence-electron chi connectivity index (χ0n) is 12.3. The van der Waals surface area contributed by atoms with Crippen molar-refractivity contribution in [2.24, 2.45) is 0 Å². The summed E-state index contributed by atoms with van der Waals surface area (Å²) in [6, 6.07) is 5.62. The molecule has 0 aromatic carbocycles. The van der Waals surface area contributed by atoms with Gasteiger partial charge in [0.25, 0.3) is 5.91 Å². The highest BCUT2D eigenvalue weighted by Gasteiger charge is 2.56. The number of pyridine rings is 1. The van der Waals surface area contributed by atoms with Crippen LogP contribution in [0.15, 0.2) is 24.4 Å². The fourth-order valence-corrected chi connectivity index (χ4v) is 4.99. The zero-order chi connectivity index (χ0) is 15.2. The Morgan fingerprint density at radius 3 is 2.86 bits per heavy atom. The van der Waals surface area contributed by atoms with Gasteiger partial charge in [-0.15, -0.1) is 11.8 Å². The molecule has 0 unspecified atom stereocenters. The van der Waals surface area contributed by atoms with Crippen molar-refractivity contribution < 1.29 is 13.9 Å². The van der Waals surface area contributed by atoms with Crippen molar-refractivity contribution in [1.29, 1.82) is 0 Å². The Kier molecular flexibility index (Phi) is 3.33. The summed E-state index contributed by atoms with van der Waals surface area (Å²) in [5.41, 5.74) is -1.56. The lowest BCUT2D eigenvalue weighted by Crippen LogP contribution is -2.65. The van der Waals surface area contributed by atoms with Crippen LogP contribution >= 0.6 is 11.8 Å². The van der Waals surface area contributed by atoms with E-state index in [1.54, 1.807) is 11.1 Å². The van der Waals surface area contributed by atoms with E-state index in [1.807, 2.05) is 30.0 Å². The van der Waals surface area contributed by atoms with E-state index in [9.17, 15) is 9.18 Å². The van der Waals surface area contributed by atoms with Crippen LogP contribution < -0.4 is 4.74 Å². The number of carbonyl (C=O) groups excluding carboxylic acids is 1. The number of hydrogen-bond acceptors (Lipinski definition) is 4. The Balaban J connectivity index is 1.32. The van der Waals surface area contributed by atoms with Gasteiger partial charge in [-0.2, -0.15) is 0 Å². The van der Waals surface area contributed by atoms with E-state index in [4.69, 9.17) is 4.74 Å². The molecule has 4 rings (SSSR count). The maximum Gasteiger partial charge on any atom is 0.260 e. The Labute approximate surface area is 133 Å². The molecule has 0 N–H and O–H groups in total. The van der Waals surface area contributed by atoms with Gasteiger partial charge in [-0.1, -0.05) is 6.07 Å². The molecule has 2 aliphatic heterocycles. The average Bonchev–Trinajstić information content (AvgIpc) is 2.88. The third-order valence-electron chi connectivity index (χ3n) is 4.87. The first-order valence-corrected chi connectivity index (χ1v) is 8.77. The van der Waals surface area contributed by atoms with Crippen molar-refractivity contribution in [3.63, 3.8) is 0 Å². The lowest BCUT2D eigenvalue weighted by molar-refractivity contribution is -0.155. The molecule has 3 fully saturated rings. The number of amides is 1. The van der Waals surface area contributed by atoms with Crippen molar-refractivity contribution in [3.05, 3.63) is 24.4 Å². The first kappa shape index (κ1) is 14.3. The maximum atomic E-state index is 14.2. The predicted octanol–water partition coefficient (Wildman–Crippen LogP) is 2.44. The molecule has 1 spiro atoms. The van der Waals surface area contributed by atoms with E-state index >= 15 is 0 Å². The largest absolute Gasteiger partial charge is 0.473 e. The molecule has 1 aliphatic carbocycles. The second kappa shape index (κ2) is 5.11. The highest BCUT2D eigenvalue weighted by atomic mass is 32.2. The fourth-order valence-electron chi connectivity index (χ4n) is 3.46. The number of halogens is 1. The van der Waals surface area contributed by atoms with E-state index in [-0.39, 0.29) is 16.8 Å². The van der Waals surface area contributed by atoms with Crippen LogP contribution in [0.1, 0.15) is 25.7 Å². The molecule has 0 radical (unpaired) electrons. The summed E-state index contributed by atoms with van der Waals surface area (Å²) in [7, 11) is 0. The van der Waals surface area contributed by atoms with E-state index in [1.165, 1.54) is 0 Å². The first-order valence-electron chi connectivity index (χ1n) is 7.79. The summed E-state index contributed by atoms with van der Waals surface area (Å²) < 4.78 is 20.1. The zero-order valence-corrected chi connectivity index (χ0v) is 13.2. The smallest absolute Gasteiger partial charge is 0.260 e. The number of nitrogens with zero attached hydrogens (tertiary/aromatic N) is 2. The molecular formula is C16H19FN2O2S. The minimum absolute atomic E-state index is 0.0647. The van der Waals surface area contributed by atoms with Gasteiger partial charge in [0.2, 0.25) is 5.88 Å². The molecule has 1 aromatic rings. The Hall–Kier alpha value is -1.30. The van der Waals surface area contributed by atoms with Crippen LogP contribution in [0, 0.1) is 0 Å². The Morgan fingerprint density at radius 2 is 2.23 bits per heavy atom. The number of likely N-dealkylation sites (tertiary alicyclic amines) is 1. The van der Waals surface area contributed by atoms with Gasteiger partial charge in [0.1, 0.15) is 6.10 Å². The van der Waals surface area contributed by atoms with E-state index in [0.717, 1.165) is 18.6 Å². The molecule has 22 heavy (non-hydrogen) atoms. The minimum Gasteiger partial charge on any atom is -0.473 e. The normalized spacial score (nSPS) is 28.0. The van der Waals surface area contributed by atoms with Crippen molar-refractivity contribution in [1.82, 2.24) is 9.88 Å². The molecule has 4 nitrogen and oxygen atoms in total. The summed E-state index contributed by atoms with van der Waals surface area (Å²) in [4.78, 5) is 18.0.